The van der Waals surface area contributed by atoms with Gasteiger partial charge in [-0.3, -0.25) is 9.79 Å². The summed E-state index contributed by atoms with van der Waals surface area (Å²) in [6.45, 7) is 2.10. The number of carbonyl (C=O) groups excluding carboxylic acids is 1. The van der Waals surface area contributed by atoms with Crippen molar-refractivity contribution in [1.82, 2.24) is 16.0 Å². The predicted octanol–water partition coefficient (Wildman–Crippen LogP) is 3.15. The molecular formula is C20H31ClIN5O. The highest BCUT2D eigenvalue weighted by molar-refractivity contribution is 14.0. The van der Waals surface area contributed by atoms with Crippen molar-refractivity contribution in [3.8, 4) is 0 Å². The van der Waals surface area contributed by atoms with Gasteiger partial charge in [-0.25, -0.2) is 0 Å². The number of amides is 1. The number of aliphatic imine (C=N–C) groups is 1. The number of benzene rings is 1. The highest BCUT2D eigenvalue weighted by atomic mass is 127. The van der Waals surface area contributed by atoms with Gasteiger partial charge in [0.25, 0.3) is 0 Å². The summed E-state index contributed by atoms with van der Waals surface area (Å²) in [7, 11) is 1.73. The summed E-state index contributed by atoms with van der Waals surface area (Å²) in [6.07, 6.45) is 6.93. The molecule has 0 aromatic heterocycles. The average Bonchev–Trinajstić information content (AvgIpc) is 3.14. The van der Waals surface area contributed by atoms with Crippen molar-refractivity contribution >= 4 is 53.1 Å². The van der Waals surface area contributed by atoms with E-state index in [1.165, 1.54) is 19.3 Å². The summed E-state index contributed by atoms with van der Waals surface area (Å²) in [5.74, 6) is 0.712. The number of hydrogen-bond donors (Lipinski definition) is 3. The summed E-state index contributed by atoms with van der Waals surface area (Å²) in [4.78, 5) is 18.7. The Kier molecular flexibility index (Phi) is 9.64. The largest absolute Gasteiger partial charge is 0.369 e. The van der Waals surface area contributed by atoms with E-state index in [1.807, 2.05) is 18.2 Å². The first-order chi connectivity index (χ1) is 13.1. The van der Waals surface area contributed by atoms with Crippen LogP contribution in [0.25, 0.3) is 0 Å². The molecule has 1 saturated heterocycles. The minimum atomic E-state index is 0. The first-order valence-corrected chi connectivity index (χ1v) is 10.3. The van der Waals surface area contributed by atoms with Crippen LogP contribution in [0.15, 0.2) is 29.3 Å². The molecule has 28 heavy (non-hydrogen) atoms. The molecule has 3 N–H and O–H groups in total. The monoisotopic (exact) mass is 519 g/mol. The van der Waals surface area contributed by atoms with Crippen molar-refractivity contribution in [2.24, 2.45) is 4.99 Å². The van der Waals surface area contributed by atoms with Gasteiger partial charge in [-0.2, -0.15) is 0 Å². The van der Waals surface area contributed by atoms with Gasteiger partial charge in [0.05, 0.1) is 6.54 Å². The minimum Gasteiger partial charge on any atom is -0.369 e. The molecule has 1 saturated carbocycles. The van der Waals surface area contributed by atoms with Gasteiger partial charge < -0.3 is 20.9 Å². The van der Waals surface area contributed by atoms with E-state index >= 15 is 0 Å². The molecule has 1 amide bonds. The van der Waals surface area contributed by atoms with Crippen LogP contribution in [0.3, 0.4) is 0 Å². The Morgan fingerprint density at radius 2 is 1.96 bits per heavy atom. The van der Waals surface area contributed by atoms with Crippen molar-refractivity contribution in [2.75, 3.05) is 31.6 Å². The number of carbonyl (C=O) groups is 1. The fraction of sp³-hybridized carbons (Fsp3) is 0.600. The zero-order valence-corrected chi connectivity index (χ0v) is 19.5. The fourth-order valence-electron chi connectivity index (χ4n) is 3.86. The van der Waals surface area contributed by atoms with Gasteiger partial charge in [-0.1, -0.05) is 36.9 Å². The number of halogens is 2. The van der Waals surface area contributed by atoms with E-state index in [0.29, 0.717) is 12.0 Å². The lowest BCUT2D eigenvalue weighted by molar-refractivity contribution is -0.120. The molecule has 1 aromatic carbocycles. The second kappa shape index (κ2) is 11.7. The summed E-state index contributed by atoms with van der Waals surface area (Å²) in [5.41, 5.74) is 1.14. The second-order valence-corrected chi connectivity index (χ2v) is 7.82. The lowest BCUT2D eigenvalue weighted by atomic mass is 9.95. The van der Waals surface area contributed by atoms with E-state index in [1.54, 1.807) is 7.05 Å². The Bertz CT molecular complexity index is 666. The molecule has 3 rings (SSSR count). The van der Waals surface area contributed by atoms with E-state index in [0.717, 1.165) is 43.1 Å². The van der Waals surface area contributed by atoms with Crippen LogP contribution in [-0.4, -0.2) is 50.6 Å². The number of nitrogens with zero attached hydrogens (tertiary/aromatic N) is 2. The molecule has 2 aliphatic rings. The van der Waals surface area contributed by atoms with Gasteiger partial charge in [-0.05, 0) is 37.5 Å². The first kappa shape index (κ1) is 23.1. The lowest BCUT2D eigenvalue weighted by Crippen LogP contribution is -2.49. The van der Waals surface area contributed by atoms with Gasteiger partial charge in [0, 0.05) is 42.9 Å². The quantitative estimate of drug-likeness (QED) is 0.318. The maximum atomic E-state index is 12.2. The first-order valence-electron chi connectivity index (χ1n) is 9.91. The molecular weight excluding hydrogens is 489 g/mol. The minimum absolute atomic E-state index is 0. The van der Waals surface area contributed by atoms with Crippen molar-refractivity contribution in [1.29, 1.82) is 0 Å². The molecule has 1 aliphatic heterocycles. The number of anilines is 1. The molecule has 0 radical (unpaired) electrons. The molecule has 1 heterocycles. The molecule has 1 atom stereocenters. The van der Waals surface area contributed by atoms with Gasteiger partial charge >= 0.3 is 0 Å². The Morgan fingerprint density at radius 3 is 2.68 bits per heavy atom. The summed E-state index contributed by atoms with van der Waals surface area (Å²) in [5, 5.41) is 10.4. The summed E-state index contributed by atoms with van der Waals surface area (Å²) >= 11 is 6.10. The maximum Gasteiger partial charge on any atom is 0.239 e. The van der Waals surface area contributed by atoms with E-state index in [4.69, 9.17) is 11.6 Å². The van der Waals surface area contributed by atoms with Gasteiger partial charge in [0.2, 0.25) is 5.91 Å². The van der Waals surface area contributed by atoms with Crippen molar-refractivity contribution < 1.29 is 4.79 Å². The predicted molar refractivity (Wildman–Crippen MR) is 127 cm³/mol. The highest BCUT2D eigenvalue weighted by Crippen LogP contribution is 2.23. The third-order valence-corrected chi connectivity index (χ3v) is 5.55. The SMILES string of the molecule is CN=C(NCC(=O)NC1CCCCC1)NC1CCN(c2cccc(Cl)c2)C1.I. The van der Waals surface area contributed by atoms with Gasteiger partial charge in [0.1, 0.15) is 0 Å². The zero-order chi connectivity index (χ0) is 19.1. The molecule has 6 nitrogen and oxygen atoms in total. The smallest absolute Gasteiger partial charge is 0.239 e. The number of hydrogen-bond acceptors (Lipinski definition) is 3. The van der Waals surface area contributed by atoms with Crippen molar-refractivity contribution in [3.63, 3.8) is 0 Å². The van der Waals surface area contributed by atoms with Crippen LogP contribution in [0.4, 0.5) is 5.69 Å². The molecule has 0 bridgehead atoms. The van der Waals surface area contributed by atoms with Crippen molar-refractivity contribution in [3.05, 3.63) is 29.3 Å². The molecule has 8 heteroatoms. The number of nitrogens with one attached hydrogen (secondary N) is 3. The summed E-state index contributed by atoms with van der Waals surface area (Å²) < 4.78 is 0. The normalized spacial score (nSPS) is 20.4. The lowest BCUT2D eigenvalue weighted by Gasteiger charge is -2.23. The van der Waals surface area contributed by atoms with Crippen LogP contribution in [0.5, 0.6) is 0 Å². The zero-order valence-electron chi connectivity index (χ0n) is 16.4. The Morgan fingerprint density at radius 1 is 1.18 bits per heavy atom. The Labute approximate surface area is 189 Å². The third kappa shape index (κ3) is 6.99. The molecule has 1 unspecified atom stereocenters. The molecule has 156 valence electrons. The van der Waals surface area contributed by atoms with E-state index in [2.05, 4.69) is 31.9 Å². The number of rotatable bonds is 5. The second-order valence-electron chi connectivity index (χ2n) is 7.38. The van der Waals surface area contributed by atoms with Crippen molar-refractivity contribution in [2.45, 2.75) is 50.6 Å². The van der Waals surface area contributed by atoms with Crippen LogP contribution >= 0.6 is 35.6 Å². The fourth-order valence-corrected chi connectivity index (χ4v) is 4.05. The van der Waals surface area contributed by atoms with Gasteiger partial charge in [0.15, 0.2) is 5.96 Å². The van der Waals surface area contributed by atoms with E-state index < -0.39 is 0 Å². The van der Waals surface area contributed by atoms with E-state index in [-0.39, 0.29) is 42.5 Å². The standard InChI is InChI=1S/C20H30ClN5O.HI/c1-22-20(23-13-19(27)24-16-7-3-2-4-8-16)25-17-10-11-26(14-17)18-9-5-6-15(21)12-18;/h5-6,9,12,16-17H,2-4,7-8,10-11,13-14H2,1H3,(H,24,27)(H2,22,23,25);1H. The maximum absolute atomic E-state index is 12.2. The topological polar surface area (TPSA) is 68.8 Å². The highest BCUT2D eigenvalue weighted by Gasteiger charge is 2.24. The van der Waals surface area contributed by atoms with Crippen LogP contribution in [0, 0.1) is 0 Å². The van der Waals surface area contributed by atoms with Crippen LogP contribution in [-0.2, 0) is 4.79 Å². The summed E-state index contributed by atoms with van der Waals surface area (Å²) in [6, 6.07) is 8.56. The average molecular weight is 520 g/mol. The van der Waals surface area contributed by atoms with E-state index in [9.17, 15) is 4.79 Å². The van der Waals surface area contributed by atoms with Gasteiger partial charge in [-0.15, -0.1) is 24.0 Å². The van der Waals surface area contributed by atoms with Crippen LogP contribution in [0.2, 0.25) is 5.02 Å². The molecule has 2 fully saturated rings. The molecule has 0 spiro atoms. The molecule has 1 aliphatic carbocycles. The van der Waals surface area contributed by atoms with Crippen LogP contribution < -0.4 is 20.9 Å². The third-order valence-electron chi connectivity index (χ3n) is 5.31. The number of guanidine groups is 1. The molecule has 1 aromatic rings. The Balaban J connectivity index is 0.00000280. The Hall–Kier alpha value is -1.22. The van der Waals surface area contributed by atoms with Crippen LogP contribution in [0.1, 0.15) is 38.5 Å².